The van der Waals surface area contributed by atoms with Gasteiger partial charge in [0.05, 0.1) is 13.2 Å². The molecule has 0 aromatic heterocycles. The Kier molecular flexibility index (Phi) is 3.89. The van der Waals surface area contributed by atoms with Gasteiger partial charge in [-0.2, -0.15) is 0 Å². The second-order valence-corrected chi connectivity index (χ2v) is 6.54. The third kappa shape index (κ3) is 2.84. The van der Waals surface area contributed by atoms with Crippen molar-refractivity contribution in [3.63, 3.8) is 0 Å². The van der Waals surface area contributed by atoms with Crippen LogP contribution in [0.3, 0.4) is 0 Å². The molecule has 19 heavy (non-hydrogen) atoms. The first-order valence-electron chi connectivity index (χ1n) is 7.06. The third-order valence-corrected chi connectivity index (χ3v) is 4.56. The number of rotatable bonds is 2. The summed E-state index contributed by atoms with van der Waals surface area (Å²) < 4.78 is 11.6. The van der Waals surface area contributed by atoms with Gasteiger partial charge in [0.15, 0.2) is 11.5 Å². The Hall–Kier alpha value is -0.870. The van der Waals surface area contributed by atoms with Crippen LogP contribution < -0.4 is 14.8 Å². The Morgan fingerprint density at radius 2 is 1.95 bits per heavy atom. The summed E-state index contributed by atoms with van der Waals surface area (Å²) in [5, 5.41) is 3.65. The van der Waals surface area contributed by atoms with Crippen LogP contribution >= 0.6 is 11.8 Å². The van der Waals surface area contributed by atoms with E-state index >= 15 is 0 Å². The molecule has 4 heteroatoms. The Balaban J connectivity index is 1.95. The Labute approximate surface area is 119 Å². The summed E-state index contributed by atoms with van der Waals surface area (Å²) in [4.78, 5) is 1.34. The van der Waals surface area contributed by atoms with Crippen LogP contribution in [0, 0.1) is 0 Å². The van der Waals surface area contributed by atoms with E-state index in [1.807, 2.05) is 11.8 Å². The third-order valence-electron chi connectivity index (χ3n) is 3.45. The van der Waals surface area contributed by atoms with E-state index in [0.717, 1.165) is 36.9 Å². The summed E-state index contributed by atoms with van der Waals surface area (Å²) in [7, 11) is 0. The smallest absolute Gasteiger partial charge is 0.162 e. The lowest BCUT2D eigenvalue weighted by atomic mass is 10.0. The van der Waals surface area contributed by atoms with Crippen molar-refractivity contribution in [2.75, 3.05) is 19.0 Å². The molecule has 1 atom stereocenters. The molecule has 3 rings (SSSR count). The van der Waals surface area contributed by atoms with Gasteiger partial charge in [-0.3, -0.25) is 0 Å². The van der Waals surface area contributed by atoms with Crippen molar-refractivity contribution in [3.05, 3.63) is 17.7 Å². The first kappa shape index (κ1) is 13.1. The summed E-state index contributed by atoms with van der Waals surface area (Å²) in [6, 6.07) is 5.28. The number of ether oxygens (including phenoxy) is 2. The first-order chi connectivity index (χ1) is 9.24. The minimum atomic E-state index is 0.438. The molecular weight excluding hydrogens is 258 g/mol. The highest BCUT2D eigenvalue weighted by atomic mass is 32.2. The first-order valence-corrected chi connectivity index (χ1v) is 8.05. The van der Waals surface area contributed by atoms with Crippen molar-refractivity contribution in [1.82, 2.24) is 5.32 Å². The molecule has 0 saturated heterocycles. The van der Waals surface area contributed by atoms with E-state index in [0.29, 0.717) is 12.1 Å². The lowest BCUT2D eigenvalue weighted by Gasteiger charge is -2.28. The predicted octanol–water partition coefficient (Wildman–Crippen LogP) is 3.38. The standard InChI is InChI=1S/C15H21NO2S/c1-10(2)16-12-4-7-19-15-9-14-13(8-11(12)15)17-5-3-6-18-14/h8-10,12,16H,3-7H2,1-2H3. The number of hydrogen-bond acceptors (Lipinski definition) is 4. The maximum Gasteiger partial charge on any atom is 0.162 e. The maximum atomic E-state index is 5.81. The summed E-state index contributed by atoms with van der Waals surface area (Å²) in [6.45, 7) is 5.90. The molecule has 1 unspecified atom stereocenters. The van der Waals surface area contributed by atoms with Gasteiger partial charge in [0.2, 0.25) is 0 Å². The molecule has 3 nitrogen and oxygen atoms in total. The Bertz CT molecular complexity index is 462. The number of benzene rings is 1. The highest BCUT2D eigenvalue weighted by Gasteiger charge is 2.24. The second-order valence-electron chi connectivity index (χ2n) is 5.40. The van der Waals surface area contributed by atoms with E-state index in [9.17, 15) is 0 Å². The molecule has 0 bridgehead atoms. The summed E-state index contributed by atoms with van der Waals surface area (Å²) in [5.41, 5.74) is 1.37. The average molecular weight is 279 g/mol. The molecule has 1 N–H and O–H groups in total. The van der Waals surface area contributed by atoms with Crippen LogP contribution in [0.1, 0.15) is 38.3 Å². The quantitative estimate of drug-likeness (QED) is 0.899. The number of thioether (sulfide) groups is 1. The fraction of sp³-hybridized carbons (Fsp3) is 0.600. The van der Waals surface area contributed by atoms with Gasteiger partial charge < -0.3 is 14.8 Å². The van der Waals surface area contributed by atoms with Gasteiger partial charge in [0, 0.05) is 23.4 Å². The van der Waals surface area contributed by atoms with Crippen LogP contribution in [0.15, 0.2) is 17.0 Å². The fourth-order valence-corrected chi connectivity index (χ4v) is 3.75. The number of fused-ring (bicyclic) bond motifs is 2. The Morgan fingerprint density at radius 1 is 1.21 bits per heavy atom. The summed E-state index contributed by atoms with van der Waals surface area (Å²) in [5.74, 6) is 2.99. The van der Waals surface area contributed by atoms with Crippen LogP contribution in [-0.2, 0) is 0 Å². The average Bonchev–Trinajstić information content (AvgIpc) is 2.61. The van der Waals surface area contributed by atoms with Gasteiger partial charge >= 0.3 is 0 Å². The van der Waals surface area contributed by atoms with Crippen molar-refractivity contribution in [1.29, 1.82) is 0 Å². The molecule has 1 aromatic carbocycles. The lowest BCUT2D eigenvalue weighted by Crippen LogP contribution is -2.30. The van der Waals surface area contributed by atoms with Crippen LogP contribution in [0.5, 0.6) is 11.5 Å². The van der Waals surface area contributed by atoms with Crippen LogP contribution in [0.2, 0.25) is 0 Å². The van der Waals surface area contributed by atoms with Crippen molar-refractivity contribution < 1.29 is 9.47 Å². The van der Waals surface area contributed by atoms with Gasteiger partial charge in [0.25, 0.3) is 0 Å². The monoisotopic (exact) mass is 279 g/mol. The van der Waals surface area contributed by atoms with E-state index in [-0.39, 0.29) is 0 Å². The van der Waals surface area contributed by atoms with Gasteiger partial charge in [-0.05, 0) is 29.9 Å². The number of hydrogen-bond donors (Lipinski definition) is 1. The van der Waals surface area contributed by atoms with Gasteiger partial charge in [-0.1, -0.05) is 13.8 Å². The fourth-order valence-electron chi connectivity index (χ4n) is 2.62. The van der Waals surface area contributed by atoms with Gasteiger partial charge in [-0.15, -0.1) is 11.8 Å². The Morgan fingerprint density at radius 3 is 2.68 bits per heavy atom. The van der Waals surface area contributed by atoms with Crippen LogP contribution in [-0.4, -0.2) is 25.0 Å². The number of nitrogens with one attached hydrogen (secondary N) is 1. The summed E-state index contributed by atoms with van der Waals surface area (Å²) >= 11 is 1.92. The summed E-state index contributed by atoms with van der Waals surface area (Å²) in [6.07, 6.45) is 2.13. The molecule has 0 saturated carbocycles. The van der Waals surface area contributed by atoms with Crippen molar-refractivity contribution >= 4 is 11.8 Å². The predicted molar refractivity (Wildman–Crippen MR) is 78.4 cm³/mol. The van der Waals surface area contributed by atoms with Crippen LogP contribution in [0.25, 0.3) is 0 Å². The lowest BCUT2D eigenvalue weighted by molar-refractivity contribution is 0.296. The molecule has 0 spiro atoms. The molecule has 2 aliphatic heterocycles. The molecule has 104 valence electrons. The van der Waals surface area contributed by atoms with E-state index in [4.69, 9.17) is 9.47 Å². The zero-order valence-electron chi connectivity index (χ0n) is 11.6. The van der Waals surface area contributed by atoms with Crippen molar-refractivity contribution in [2.24, 2.45) is 0 Å². The molecule has 0 fully saturated rings. The normalized spacial score (nSPS) is 21.9. The zero-order valence-corrected chi connectivity index (χ0v) is 12.4. The molecule has 2 aliphatic rings. The van der Waals surface area contributed by atoms with E-state index in [2.05, 4.69) is 31.3 Å². The molecule has 2 heterocycles. The molecule has 0 amide bonds. The largest absolute Gasteiger partial charge is 0.490 e. The molecule has 1 aromatic rings. The zero-order chi connectivity index (χ0) is 13.2. The maximum absolute atomic E-state index is 5.81. The highest BCUT2D eigenvalue weighted by Crippen LogP contribution is 2.43. The van der Waals surface area contributed by atoms with E-state index in [1.165, 1.54) is 16.9 Å². The molecule has 0 aliphatic carbocycles. The minimum Gasteiger partial charge on any atom is -0.490 e. The van der Waals surface area contributed by atoms with Crippen molar-refractivity contribution in [2.45, 2.75) is 43.7 Å². The van der Waals surface area contributed by atoms with Crippen LogP contribution in [0.4, 0.5) is 0 Å². The van der Waals surface area contributed by atoms with E-state index in [1.54, 1.807) is 0 Å². The molecule has 0 radical (unpaired) electrons. The SMILES string of the molecule is CC(C)NC1CCSc2cc3c(cc21)OCCCO3. The second kappa shape index (κ2) is 5.63. The molecular formula is C15H21NO2S. The highest BCUT2D eigenvalue weighted by molar-refractivity contribution is 7.99. The topological polar surface area (TPSA) is 30.5 Å². The van der Waals surface area contributed by atoms with Gasteiger partial charge in [-0.25, -0.2) is 0 Å². The van der Waals surface area contributed by atoms with Crippen molar-refractivity contribution in [3.8, 4) is 11.5 Å². The van der Waals surface area contributed by atoms with E-state index < -0.39 is 0 Å². The minimum absolute atomic E-state index is 0.438. The van der Waals surface area contributed by atoms with Gasteiger partial charge in [0.1, 0.15) is 0 Å².